The summed E-state index contributed by atoms with van der Waals surface area (Å²) in [4.78, 5) is 12.1. The summed E-state index contributed by atoms with van der Waals surface area (Å²) in [5.41, 5.74) is 0. The van der Waals surface area contributed by atoms with Crippen molar-refractivity contribution in [3.05, 3.63) is 17.8 Å². The maximum Gasteiger partial charge on any atom is 0.140 e. The minimum atomic E-state index is 0. The van der Waals surface area contributed by atoms with Gasteiger partial charge in [-0.1, -0.05) is 0 Å². The molecular weight excluding hydrogens is 244 g/mol. The fourth-order valence-electron chi connectivity index (χ4n) is 1.91. The van der Waals surface area contributed by atoms with E-state index in [1.165, 1.54) is 5.39 Å². The monoisotopic (exact) mass is 256 g/mol. The van der Waals surface area contributed by atoms with Crippen molar-refractivity contribution in [2.75, 3.05) is 31.1 Å². The first-order valence-electron chi connectivity index (χ1n) is 5.09. The van der Waals surface area contributed by atoms with Crippen molar-refractivity contribution in [3.8, 4) is 0 Å². The van der Waals surface area contributed by atoms with Gasteiger partial charge >= 0.3 is 0 Å². The molecule has 1 saturated heterocycles. The summed E-state index contributed by atoms with van der Waals surface area (Å²) < 4.78 is 0. The Bertz CT molecular complexity index is 467. The highest BCUT2D eigenvalue weighted by atomic mass is 35.5. The first kappa shape index (κ1) is 11.6. The number of hydrogen-bond acceptors (Lipinski definition) is 5. The molecule has 1 N–H and O–H groups in total. The Morgan fingerprint density at radius 1 is 1.25 bits per heavy atom. The van der Waals surface area contributed by atoms with E-state index in [0.717, 1.165) is 36.8 Å². The number of hydrogen-bond donors (Lipinski definition) is 1. The van der Waals surface area contributed by atoms with E-state index < -0.39 is 0 Å². The third-order valence-corrected chi connectivity index (χ3v) is 3.48. The SMILES string of the molecule is Cl.c1nc(N2CCNCC2)c2ccsc2n1. The van der Waals surface area contributed by atoms with Crippen LogP contribution in [-0.4, -0.2) is 36.1 Å². The standard InChI is InChI=1S/C10H12N4S.ClH/c1-6-15-10-8(1)9(12-7-13-10)14-4-2-11-3-5-14;/h1,6-7,11H,2-5H2;1H. The second-order valence-corrected chi connectivity index (χ2v) is 4.47. The number of rotatable bonds is 1. The molecule has 2 aromatic heterocycles. The van der Waals surface area contributed by atoms with Crippen LogP contribution in [0.1, 0.15) is 0 Å². The molecule has 6 heteroatoms. The van der Waals surface area contributed by atoms with E-state index in [-0.39, 0.29) is 12.4 Å². The summed E-state index contributed by atoms with van der Waals surface area (Å²) >= 11 is 1.67. The summed E-state index contributed by atoms with van der Waals surface area (Å²) in [6.07, 6.45) is 1.66. The highest BCUT2D eigenvalue weighted by molar-refractivity contribution is 7.16. The van der Waals surface area contributed by atoms with Crippen molar-refractivity contribution in [1.82, 2.24) is 15.3 Å². The average Bonchev–Trinajstić information content (AvgIpc) is 2.78. The maximum absolute atomic E-state index is 4.40. The van der Waals surface area contributed by atoms with E-state index in [9.17, 15) is 0 Å². The van der Waals surface area contributed by atoms with Gasteiger partial charge in [-0.3, -0.25) is 0 Å². The number of halogens is 1. The number of nitrogens with one attached hydrogen (secondary N) is 1. The van der Waals surface area contributed by atoms with E-state index >= 15 is 0 Å². The first-order chi connectivity index (χ1) is 7.45. The molecule has 4 nitrogen and oxygen atoms in total. The summed E-state index contributed by atoms with van der Waals surface area (Å²) in [6, 6.07) is 2.11. The van der Waals surface area contributed by atoms with Crippen molar-refractivity contribution >= 4 is 39.8 Å². The number of fused-ring (bicyclic) bond motifs is 1. The molecule has 3 rings (SSSR count). The third kappa shape index (κ3) is 1.98. The lowest BCUT2D eigenvalue weighted by atomic mass is 10.3. The number of aromatic nitrogens is 2. The molecule has 0 unspecified atom stereocenters. The van der Waals surface area contributed by atoms with Gasteiger partial charge in [-0.05, 0) is 11.4 Å². The summed E-state index contributed by atoms with van der Waals surface area (Å²) in [7, 11) is 0. The first-order valence-corrected chi connectivity index (χ1v) is 5.97. The summed E-state index contributed by atoms with van der Waals surface area (Å²) in [5.74, 6) is 1.09. The van der Waals surface area contributed by atoms with Gasteiger partial charge in [0, 0.05) is 26.2 Å². The maximum atomic E-state index is 4.40. The lowest BCUT2D eigenvalue weighted by Crippen LogP contribution is -2.43. The molecule has 1 fully saturated rings. The van der Waals surface area contributed by atoms with Gasteiger partial charge in [-0.15, -0.1) is 23.7 Å². The van der Waals surface area contributed by atoms with Crippen molar-refractivity contribution < 1.29 is 0 Å². The van der Waals surface area contributed by atoms with Gasteiger partial charge < -0.3 is 10.2 Å². The zero-order chi connectivity index (χ0) is 10.1. The van der Waals surface area contributed by atoms with Gasteiger partial charge in [0.2, 0.25) is 0 Å². The second-order valence-electron chi connectivity index (χ2n) is 3.57. The molecular formula is C10H13ClN4S. The predicted octanol–water partition coefficient (Wildman–Crippen LogP) is 1.52. The number of anilines is 1. The topological polar surface area (TPSA) is 41.1 Å². The molecule has 3 heterocycles. The quantitative estimate of drug-likeness (QED) is 0.840. The molecule has 0 amide bonds. The predicted molar refractivity (Wildman–Crippen MR) is 69.7 cm³/mol. The van der Waals surface area contributed by atoms with Crippen LogP contribution < -0.4 is 10.2 Å². The van der Waals surface area contributed by atoms with Gasteiger partial charge in [0.15, 0.2) is 0 Å². The molecule has 0 atom stereocenters. The molecule has 0 spiro atoms. The largest absolute Gasteiger partial charge is 0.353 e. The van der Waals surface area contributed by atoms with Gasteiger partial charge in [-0.2, -0.15) is 0 Å². The van der Waals surface area contributed by atoms with Gasteiger partial charge in [0.1, 0.15) is 17.0 Å². The average molecular weight is 257 g/mol. The van der Waals surface area contributed by atoms with Crippen molar-refractivity contribution in [2.24, 2.45) is 0 Å². The zero-order valence-corrected chi connectivity index (χ0v) is 10.4. The van der Waals surface area contributed by atoms with Crippen molar-refractivity contribution in [3.63, 3.8) is 0 Å². The summed E-state index contributed by atoms with van der Waals surface area (Å²) in [5, 5.41) is 6.60. The van der Waals surface area contributed by atoms with Gasteiger partial charge in [-0.25, -0.2) is 9.97 Å². The fourth-order valence-corrected chi connectivity index (χ4v) is 2.63. The Morgan fingerprint density at radius 3 is 2.88 bits per heavy atom. The number of piperazine rings is 1. The third-order valence-electron chi connectivity index (χ3n) is 2.66. The van der Waals surface area contributed by atoms with Crippen molar-refractivity contribution in [1.29, 1.82) is 0 Å². The van der Waals surface area contributed by atoms with Crippen LogP contribution in [0.3, 0.4) is 0 Å². The van der Waals surface area contributed by atoms with Crippen LogP contribution >= 0.6 is 23.7 Å². The number of thiophene rings is 1. The normalized spacial score (nSPS) is 16.1. The minimum absolute atomic E-state index is 0. The van der Waals surface area contributed by atoms with Crippen LogP contribution in [0.4, 0.5) is 5.82 Å². The molecule has 0 aliphatic carbocycles. The molecule has 0 radical (unpaired) electrons. The Hall–Kier alpha value is -0.910. The van der Waals surface area contributed by atoms with Gasteiger partial charge in [0.05, 0.1) is 5.39 Å². The van der Waals surface area contributed by atoms with E-state index in [0.29, 0.717) is 0 Å². The van der Waals surface area contributed by atoms with E-state index in [2.05, 4.69) is 31.6 Å². The Morgan fingerprint density at radius 2 is 2.06 bits per heavy atom. The Kier molecular flexibility index (Phi) is 3.58. The molecule has 1 aliphatic rings. The van der Waals surface area contributed by atoms with Crippen LogP contribution in [-0.2, 0) is 0 Å². The minimum Gasteiger partial charge on any atom is -0.353 e. The van der Waals surface area contributed by atoms with Crippen molar-refractivity contribution in [2.45, 2.75) is 0 Å². The molecule has 0 aromatic carbocycles. The molecule has 1 aliphatic heterocycles. The molecule has 2 aromatic rings. The second kappa shape index (κ2) is 4.95. The lowest BCUT2D eigenvalue weighted by Gasteiger charge is -2.28. The fraction of sp³-hybridized carbons (Fsp3) is 0.400. The van der Waals surface area contributed by atoms with Crippen LogP contribution in [0.2, 0.25) is 0 Å². The van der Waals surface area contributed by atoms with E-state index in [1.807, 2.05) is 0 Å². The van der Waals surface area contributed by atoms with Gasteiger partial charge in [0.25, 0.3) is 0 Å². The zero-order valence-electron chi connectivity index (χ0n) is 8.72. The molecule has 0 bridgehead atoms. The molecule has 16 heavy (non-hydrogen) atoms. The van der Waals surface area contributed by atoms with Crippen LogP contribution in [0.5, 0.6) is 0 Å². The Labute approximate surface area is 104 Å². The van der Waals surface area contributed by atoms with Crippen LogP contribution in [0, 0.1) is 0 Å². The Balaban J connectivity index is 0.000000963. The van der Waals surface area contributed by atoms with Crippen LogP contribution in [0.25, 0.3) is 10.2 Å². The number of nitrogens with zero attached hydrogens (tertiary/aromatic N) is 3. The molecule has 0 saturated carbocycles. The van der Waals surface area contributed by atoms with E-state index in [1.54, 1.807) is 17.7 Å². The highest BCUT2D eigenvalue weighted by Gasteiger charge is 2.14. The lowest BCUT2D eigenvalue weighted by molar-refractivity contribution is 0.586. The van der Waals surface area contributed by atoms with Crippen LogP contribution in [0.15, 0.2) is 17.8 Å². The highest BCUT2D eigenvalue weighted by Crippen LogP contribution is 2.26. The smallest absolute Gasteiger partial charge is 0.140 e. The summed E-state index contributed by atoms with van der Waals surface area (Å²) in [6.45, 7) is 4.13. The molecule has 86 valence electrons. The van der Waals surface area contributed by atoms with E-state index in [4.69, 9.17) is 0 Å².